The quantitative estimate of drug-likeness (QED) is 0.726. The average Bonchev–Trinajstić information content (AvgIpc) is 2.70. The highest BCUT2D eigenvalue weighted by atomic mass is 16.5. The molecule has 3 heteroatoms. The summed E-state index contributed by atoms with van der Waals surface area (Å²) in [5, 5.41) is 0. The molecule has 94 valence electrons. The number of likely N-dealkylation sites (tertiary alicyclic amines) is 2. The highest BCUT2D eigenvalue weighted by molar-refractivity contribution is 4.80. The van der Waals surface area contributed by atoms with Gasteiger partial charge in [-0.05, 0) is 40.2 Å². The van der Waals surface area contributed by atoms with E-state index in [4.69, 9.17) is 4.74 Å². The van der Waals surface area contributed by atoms with Crippen molar-refractivity contribution in [3.8, 4) is 0 Å². The van der Waals surface area contributed by atoms with Crippen LogP contribution in [0.4, 0.5) is 0 Å². The molecule has 0 amide bonds. The number of rotatable bonds is 3. The minimum Gasteiger partial charge on any atom is -0.374 e. The SMILES string of the molecule is CC(C)N1CCC(OC2CCN(C)CC2)C1. The number of nitrogens with zero attached hydrogens (tertiary/aromatic N) is 2. The minimum absolute atomic E-state index is 0.496. The van der Waals surface area contributed by atoms with Crippen LogP contribution in [-0.2, 0) is 4.74 Å². The lowest BCUT2D eigenvalue weighted by molar-refractivity contribution is -0.0351. The second-order valence-corrected chi connectivity index (χ2v) is 5.64. The van der Waals surface area contributed by atoms with Crippen LogP contribution in [0.5, 0.6) is 0 Å². The molecule has 0 aromatic rings. The normalized spacial score (nSPS) is 30.4. The van der Waals surface area contributed by atoms with Gasteiger partial charge in [-0.1, -0.05) is 0 Å². The van der Waals surface area contributed by atoms with Gasteiger partial charge in [0.1, 0.15) is 0 Å². The third-order valence-corrected chi connectivity index (χ3v) is 3.96. The molecule has 3 nitrogen and oxygen atoms in total. The van der Waals surface area contributed by atoms with Crippen molar-refractivity contribution in [2.75, 3.05) is 33.2 Å². The zero-order valence-corrected chi connectivity index (χ0v) is 11.0. The van der Waals surface area contributed by atoms with Crippen LogP contribution in [-0.4, -0.2) is 61.3 Å². The van der Waals surface area contributed by atoms with Crippen molar-refractivity contribution in [1.29, 1.82) is 0 Å². The molecule has 16 heavy (non-hydrogen) atoms. The van der Waals surface area contributed by atoms with Gasteiger partial charge in [-0.15, -0.1) is 0 Å². The van der Waals surface area contributed by atoms with E-state index in [2.05, 4.69) is 30.7 Å². The summed E-state index contributed by atoms with van der Waals surface area (Å²) in [6.45, 7) is 9.31. The van der Waals surface area contributed by atoms with Gasteiger partial charge < -0.3 is 9.64 Å². The van der Waals surface area contributed by atoms with Gasteiger partial charge in [-0.2, -0.15) is 0 Å². The van der Waals surface area contributed by atoms with Crippen LogP contribution in [0.3, 0.4) is 0 Å². The molecule has 0 bridgehead atoms. The summed E-state index contributed by atoms with van der Waals surface area (Å²) in [4.78, 5) is 4.93. The van der Waals surface area contributed by atoms with E-state index in [0.717, 1.165) is 6.54 Å². The molecule has 2 saturated heterocycles. The van der Waals surface area contributed by atoms with Crippen molar-refractivity contribution in [2.24, 2.45) is 0 Å². The van der Waals surface area contributed by atoms with Crippen LogP contribution in [0.2, 0.25) is 0 Å². The highest BCUT2D eigenvalue weighted by Crippen LogP contribution is 2.20. The third-order valence-electron chi connectivity index (χ3n) is 3.96. The number of piperidine rings is 1. The highest BCUT2D eigenvalue weighted by Gasteiger charge is 2.28. The summed E-state index contributed by atoms with van der Waals surface area (Å²) >= 11 is 0. The zero-order valence-electron chi connectivity index (χ0n) is 11.0. The van der Waals surface area contributed by atoms with Gasteiger partial charge in [0.2, 0.25) is 0 Å². The standard InChI is InChI=1S/C13H26N2O/c1-11(2)15-9-6-13(10-15)16-12-4-7-14(3)8-5-12/h11-13H,4-10H2,1-3H3. The van der Waals surface area contributed by atoms with E-state index in [-0.39, 0.29) is 0 Å². The van der Waals surface area contributed by atoms with Crippen LogP contribution in [0.15, 0.2) is 0 Å². The van der Waals surface area contributed by atoms with E-state index in [1.807, 2.05) is 0 Å². The van der Waals surface area contributed by atoms with E-state index in [1.54, 1.807) is 0 Å². The Kier molecular flexibility index (Phi) is 4.22. The zero-order chi connectivity index (χ0) is 11.5. The summed E-state index contributed by atoms with van der Waals surface area (Å²) in [7, 11) is 2.20. The maximum absolute atomic E-state index is 6.21. The monoisotopic (exact) mass is 226 g/mol. The second-order valence-electron chi connectivity index (χ2n) is 5.64. The van der Waals surface area contributed by atoms with E-state index in [0.29, 0.717) is 18.2 Å². The van der Waals surface area contributed by atoms with Gasteiger partial charge in [0.15, 0.2) is 0 Å². The van der Waals surface area contributed by atoms with E-state index in [9.17, 15) is 0 Å². The largest absolute Gasteiger partial charge is 0.374 e. The maximum atomic E-state index is 6.21. The van der Waals surface area contributed by atoms with Crippen molar-refractivity contribution >= 4 is 0 Å². The van der Waals surface area contributed by atoms with Gasteiger partial charge in [0, 0.05) is 32.2 Å². The molecular weight excluding hydrogens is 200 g/mol. The minimum atomic E-state index is 0.496. The molecular formula is C13H26N2O. The topological polar surface area (TPSA) is 15.7 Å². The lowest BCUT2D eigenvalue weighted by atomic mass is 10.1. The molecule has 0 N–H and O–H groups in total. The fourth-order valence-electron chi connectivity index (χ4n) is 2.73. The van der Waals surface area contributed by atoms with E-state index in [1.165, 1.54) is 38.9 Å². The first-order valence-electron chi connectivity index (χ1n) is 6.73. The molecule has 0 aliphatic carbocycles. The summed E-state index contributed by atoms with van der Waals surface area (Å²) in [5.74, 6) is 0. The Labute approximate surface area is 99.7 Å². The van der Waals surface area contributed by atoms with Gasteiger partial charge in [0.25, 0.3) is 0 Å². The summed E-state index contributed by atoms with van der Waals surface area (Å²) in [5.41, 5.74) is 0. The third kappa shape index (κ3) is 3.19. The van der Waals surface area contributed by atoms with Gasteiger partial charge in [0.05, 0.1) is 12.2 Å². The Morgan fingerprint density at radius 1 is 1.00 bits per heavy atom. The number of hydrogen-bond donors (Lipinski definition) is 0. The van der Waals surface area contributed by atoms with Crippen molar-refractivity contribution in [2.45, 2.75) is 51.4 Å². The predicted octanol–water partition coefficient (Wildman–Crippen LogP) is 1.58. The second kappa shape index (κ2) is 5.48. The van der Waals surface area contributed by atoms with Crippen LogP contribution < -0.4 is 0 Å². The molecule has 0 aromatic carbocycles. The van der Waals surface area contributed by atoms with Crippen molar-refractivity contribution < 1.29 is 4.74 Å². The molecule has 1 unspecified atom stereocenters. The molecule has 1 atom stereocenters. The lowest BCUT2D eigenvalue weighted by Crippen LogP contribution is -2.37. The smallest absolute Gasteiger partial charge is 0.0718 e. The van der Waals surface area contributed by atoms with Crippen LogP contribution >= 0.6 is 0 Å². The summed E-state index contributed by atoms with van der Waals surface area (Å²) < 4.78 is 6.21. The molecule has 2 heterocycles. The van der Waals surface area contributed by atoms with Crippen LogP contribution in [0.1, 0.15) is 33.1 Å². The van der Waals surface area contributed by atoms with Gasteiger partial charge in [-0.3, -0.25) is 4.90 Å². The van der Waals surface area contributed by atoms with E-state index >= 15 is 0 Å². The van der Waals surface area contributed by atoms with Gasteiger partial charge >= 0.3 is 0 Å². The average molecular weight is 226 g/mol. The summed E-state index contributed by atoms with van der Waals surface area (Å²) in [6.07, 6.45) is 4.68. The van der Waals surface area contributed by atoms with Crippen molar-refractivity contribution in [3.63, 3.8) is 0 Å². The fraction of sp³-hybridized carbons (Fsp3) is 1.00. The lowest BCUT2D eigenvalue weighted by Gasteiger charge is -2.31. The molecule has 0 aromatic heterocycles. The Morgan fingerprint density at radius 3 is 2.19 bits per heavy atom. The first-order valence-corrected chi connectivity index (χ1v) is 6.73. The fourth-order valence-corrected chi connectivity index (χ4v) is 2.73. The Bertz CT molecular complexity index is 212. The Morgan fingerprint density at radius 2 is 1.62 bits per heavy atom. The molecule has 0 spiro atoms. The number of hydrogen-bond acceptors (Lipinski definition) is 3. The van der Waals surface area contributed by atoms with Gasteiger partial charge in [-0.25, -0.2) is 0 Å². The molecule has 2 rings (SSSR count). The predicted molar refractivity (Wildman–Crippen MR) is 66.7 cm³/mol. The molecule has 0 radical (unpaired) electrons. The Balaban J connectivity index is 1.71. The summed E-state index contributed by atoms with van der Waals surface area (Å²) in [6, 6.07) is 0.672. The molecule has 0 saturated carbocycles. The Hall–Kier alpha value is -0.120. The number of ether oxygens (including phenoxy) is 1. The molecule has 2 aliphatic rings. The van der Waals surface area contributed by atoms with Crippen molar-refractivity contribution in [3.05, 3.63) is 0 Å². The van der Waals surface area contributed by atoms with E-state index < -0.39 is 0 Å². The molecule has 2 fully saturated rings. The van der Waals surface area contributed by atoms with Crippen molar-refractivity contribution in [1.82, 2.24) is 9.80 Å². The van der Waals surface area contributed by atoms with Crippen LogP contribution in [0.25, 0.3) is 0 Å². The maximum Gasteiger partial charge on any atom is 0.0718 e. The molecule has 2 aliphatic heterocycles. The first kappa shape index (κ1) is 12.3. The first-order chi connectivity index (χ1) is 7.65. The van der Waals surface area contributed by atoms with Crippen LogP contribution in [0, 0.1) is 0 Å².